The van der Waals surface area contributed by atoms with Gasteiger partial charge in [-0.2, -0.15) is 0 Å². The molecule has 0 saturated heterocycles. The molecule has 2 rings (SSSR count). The number of hydrogen-bond donors (Lipinski definition) is 0. The van der Waals surface area contributed by atoms with E-state index in [1.54, 1.807) is 13.2 Å². The number of pyridine rings is 1. The summed E-state index contributed by atoms with van der Waals surface area (Å²) >= 11 is 0. The molecule has 3 nitrogen and oxygen atoms in total. The van der Waals surface area contributed by atoms with E-state index >= 15 is 0 Å². The molecular weight excluding hydrogens is 188 g/mol. The largest absolute Gasteiger partial charge is 0.399 e. The summed E-state index contributed by atoms with van der Waals surface area (Å²) < 4.78 is 0. The van der Waals surface area contributed by atoms with E-state index in [1.807, 2.05) is 6.07 Å². The van der Waals surface area contributed by atoms with Gasteiger partial charge in [0.05, 0.1) is 11.4 Å². The maximum absolute atomic E-state index is 4.83. The summed E-state index contributed by atoms with van der Waals surface area (Å²) in [6.45, 7) is 3.72. The van der Waals surface area contributed by atoms with Crippen molar-refractivity contribution in [3.8, 4) is 0 Å². The third-order valence-corrected chi connectivity index (χ3v) is 2.54. The topological polar surface area (TPSA) is 34.5 Å². The first-order valence-electron chi connectivity index (χ1n) is 5.08. The molecule has 15 heavy (non-hydrogen) atoms. The molecule has 0 atom stereocenters. The Morgan fingerprint density at radius 1 is 1.47 bits per heavy atom. The molecule has 1 aromatic rings. The Balaban J connectivity index is 2.48. The monoisotopic (exact) mass is 202 g/mol. The molecule has 0 unspecified atom stereocenters. The summed E-state index contributed by atoms with van der Waals surface area (Å²) in [5.74, 6) is 0. The van der Waals surface area contributed by atoms with E-state index < -0.39 is 0 Å². The fourth-order valence-corrected chi connectivity index (χ4v) is 1.83. The molecule has 3 heteroatoms. The normalized spacial score (nSPS) is 17.3. The van der Waals surface area contributed by atoms with Crippen LogP contribution in [0.1, 0.15) is 29.8 Å². The average molecular weight is 202 g/mol. The summed E-state index contributed by atoms with van der Waals surface area (Å²) in [6.07, 6.45) is 4.88. The van der Waals surface area contributed by atoms with E-state index in [2.05, 4.69) is 22.8 Å². The fraction of sp³-hybridized carbons (Fsp3) is 0.333. The van der Waals surface area contributed by atoms with Crippen LogP contribution in [0.4, 0.5) is 0 Å². The minimum Gasteiger partial charge on any atom is -0.399 e. The van der Waals surface area contributed by atoms with Gasteiger partial charge in [0, 0.05) is 0 Å². The van der Waals surface area contributed by atoms with Gasteiger partial charge in [0.2, 0.25) is 0 Å². The molecule has 0 saturated carbocycles. The number of aromatic nitrogens is 1. The Bertz CT molecular complexity index is 410. The highest BCUT2D eigenvalue weighted by Gasteiger charge is 2.17. The zero-order chi connectivity index (χ0) is 10.7. The van der Waals surface area contributed by atoms with Crippen LogP contribution >= 0.6 is 0 Å². The highest BCUT2D eigenvalue weighted by Crippen LogP contribution is 2.20. The SMILES string of the molecule is C=Cc1ccc2c(n1)/C(=N/OC)CCC2. The molecule has 0 radical (unpaired) electrons. The van der Waals surface area contributed by atoms with Crippen molar-refractivity contribution >= 4 is 11.8 Å². The summed E-state index contributed by atoms with van der Waals surface area (Å²) in [6, 6.07) is 4.09. The summed E-state index contributed by atoms with van der Waals surface area (Å²) in [4.78, 5) is 9.34. The Morgan fingerprint density at radius 3 is 3.07 bits per heavy atom. The number of oxime groups is 1. The van der Waals surface area contributed by atoms with Crippen molar-refractivity contribution in [2.24, 2.45) is 5.16 Å². The van der Waals surface area contributed by atoms with Crippen LogP contribution in [-0.4, -0.2) is 17.8 Å². The zero-order valence-corrected chi connectivity index (χ0v) is 8.86. The van der Waals surface area contributed by atoms with E-state index in [-0.39, 0.29) is 0 Å². The highest BCUT2D eigenvalue weighted by molar-refractivity contribution is 6.00. The second kappa shape index (κ2) is 4.26. The van der Waals surface area contributed by atoms with E-state index in [0.29, 0.717) is 0 Å². The molecule has 1 aliphatic rings. The van der Waals surface area contributed by atoms with Crippen LogP contribution in [0.3, 0.4) is 0 Å². The van der Waals surface area contributed by atoms with Crippen LogP contribution in [0.5, 0.6) is 0 Å². The van der Waals surface area contributed by atoms with Gasteiger partial charge in [-0.15, -0.1) is 0 Å². The summed E-state index contributed by atoms with van der Waals surface area (Å²) in [5.41, 5.74) is 4.06. The molecule has 0 amide bonds. The van der Waals surface area contributed by atoms with Crippen LogP contribution in [0.15, 0.2) is 23.9 Å². The van der Waals surface area contributed by atoms with Crippen molar-refractivity contribution in [3.05, 3.63) is 35.7 Å². The average Bonchev–Trinajstić information content (AvgIpc) is 2.29. The molecule has 1 aliphatic carbocycles. The van der Waals surface area contributed by atoms with Crippen molar-refractivity contribution in [1.82, 2.24) is 4.98 Å². The molecule has 0 aromatic carbocycles. The molecule has 1 aromatic heterocycles. The third kappa shape index (κ3) is 1.91. The Labute approximate surface area is 89.5 Å². The van der Waals surface area contributed by atoms with Gasteiger partial charge in [0.25, 0.3) is 0 Å². The smallest absolute Gasteiger partial charge is 0.106 e. The molecule has 0 bridgehead atoms. The van der Waals surface area contributed by atoms with Gasteiger partial charge < -0.3 is 4.84 Å². The third-order valence-electron chi connectivity index (χ3n) is 2.54. The van der Waals surface area contributed by atoms with Crippen molar-refractivity contribution in [3.63, 3.8) is 0 Å². The number of hydrogen-bond acceptors (Lipinski definition) is 3. The molecule has 0 spiro atoms. The quantitative estimate of drug-likeness (QED) is 0.690. The highest BCUT2D eigenvalue weighted by atomic mass is 16.6. The van der Waals surface area contributed by atoms with Crippen molar-refractivity contribution < 1.29 is 4.84 Å². The Morgan fingerprint density at radius 2 is 2.33 bits per heavy atom. The van der Waals surface area contributed by atoms with Crippen LogP contribution in [0.25, 0.3) is 6.08 Å². The summed E-state index contributed by atoms with van der Waals surface area (Å²) in [5, 5.41) is 4.02. The zero-order valence-electron chi connectivity index (χ0n) is 8.86. The molecule has 0 N–H and O–H groups in total. The molecule has 0 aliphatic heterocycles. The lowest BCUT2D eigenvalue weighted by molar-refractivity contribution is 0.212. The number of fused-ring (bicyclic) bond motifs is 1. The van der Waals surface area contributed by atoms with Gasteiger partial charge in [-0.25, -0.2) is 4.98 Å². The number of rotatable bonds is 2. The maximum atomic E-state index is 4.83. The minimum absolute atomic E-state index is 0.888. The fourth-order valence-electron chi connectivity index (χ4n) is 1.83. The van der Waals surface area contributed by atoms with Gasteiger partial charge >= 0.3 is 0 Å². The molecular formula is C12H14N2O. The van der Waals surface area contributed by atoms with Crippen LogP contribution in [-0.2, 0) is 11.3 Å². The van der Waals surface area contributed by atoms with Crippen molar-refractivity contribution in [2.75, 3.05) is 7.11 Å². The van der Waals surface area contributed by atoms with Gasteiger partial charge in [0.15, 0.2) is 0 Å². The van der Waals surface area contributed by atoms with E-state index in [1.165, 1.54) is 5.56 Å². The van der Waals surface area contributed by atoms with Crippen LogP contribution in [0, 0.1) is 0 Å². The molecule has 78 valence electrons. The second-order valence-electron chi connectivity index (χ2n) is 3.52. The first-order chi connectivity index (χ1) is 7.35. The standard InChI is InChI=1S/C12H14N2O/c1-3-10-8-7-9-5-4-6-11(14-15-2)12(9)13-10/h3,7-8H,1,4-6H2,2H3/b14-11+. The summed E-state index contributed by atoms with van der Waals surface area (Å²) in [7, 11) is 1.57. The van der Waals surface area contributed by atoms with Gasteiger partial charge in [-0.05, 0) is 37.0 Å². The lowest BCUT2D eigenvalue weighted by Gasteiger charge is -2.16. The first-order valence-corrected chi connectivity index (χ1v) is 5.08. The molecule has 1 heterocycles. The van der Waals surface area contributed by atoms with Gasteiger partial charge in [0.1, 0.15) is 12.8 Å². The van der Waals surface area contributed by atoms with Crippen LogP contribution in [0.2, 0.25) is 0 Å². The molecule has 0 fully saturated rings. The maximum Gasteiger partial charge on any atom is 0.106 e. The van der Waals surface area contributed by atoms with Gasteiger partial charge in [-0.3, -0.25) is 0 Å². The second-order valence-corrected chi connectivity index (χ2v) is 3.52. The van der Waals surface area contributed by atoms with E-state index in [0.717, 1.165) is 36.4 Å². The van der Waals surface area contributed by atoms with Crippen molar-refractivity contribution in [2.45, 2.75) is 19.3 Å². The first kappa shape index (κ1) is 9.90. The number of aryl methyl sites for hydroxylation is 1. The minimum atomic E-state index is 0.888. The van der Waals surface area contributed by atoms with Crippen molar-refractivity contribution in [1.29, 1.82) is 0 Å². The lowest BCUT2D eigenvalue weighted by Crippen LogP contribution is -2.15. The van der Waals surface area contributed by atoms with Crippen LogP contribution < -0.4 is 0 Å². The van der Waals surface area contributed by atoms with Gasteiger partial charge in [-0.1, -0.05) is 17.8 Å². The van der Waals surface area contributed by atoms with E-state index in [9.17, 15) is 0 Å². The predicted molar refractivity (Wildman–Crippen MR) is 60.8 cm³/mol. The predicted octanol–water partition coefficient (Wildman–Crippen LogP) is 2.41. The van der Waals surface area contributed by atoms with E-state index in [4.69, 9.17) is 4.84 Å². The Kier molecular flexibility index (Phi) is 2.81. The number of nitrogens with zero attached hydrogens (tertiary/aromatic N) is 2. The lowest BCUT2D eigenvalue weighted by atomic mass is 9.94. The Hall–Kier alpha value is -1.64.